The molecule has 0 unspecified atom stereocenters. The van der Waals surface area contributed by atoms with Gasteiger partial charge in [0.15, 0.2) is 0 Å². The summed E-state index contributed by atoms with van der Waals surface area (Å²) in [7, 11) is 1.64. The van der Waals surface area contributed by atoms with Crippen LogP contribution in [0.15, 0.2) is 29.4 Å². The van der Waals surface area contributed by atoms with Crippen molar-refractivity contribution in [2.75, 3.05) is 13.7 Å². The summed E-state index contributed by atoms with van der Waals surface area (Å²) in [5.41, 5.74) is 1.90. The van der Waals surface area contributed by atoms with Crippen molar-refractivity contribution in [3.8, 4) is 5.75 Å². The summed E-state index contributed by atoms with van der Waals surface area (Å²) in [5, 5.41) is 6.20. The second-order valence-corrected chi connectivity index (χ2v) is 6.53. The summed E-state index contributed by atoms with van der Waals surface area (Å²) in [6, 6.07) is 7.74. The SMILES string of the molecule is COc1ccc([C@H]2[C@H]3COC(C)(C)CC3=NN2C(C)=O)cc1. The third kappa shape index (κ3) is 2.61. The first-order chi connectivity index (χ1) is 10.4. The van der Waals surface area contributed by atoms with Gasteiger partial charge in [-0.1, -0.05) is 12.1 Å². The van der Waals surface area contributed by atoms with E-state index in [0.717, 1.165) is 23.4 Å². The highest BCUT2D eigenvalue weighted by Gasteiger charge is 2.45. The molecule has 1 fully saturated rings. The van der Waals surface area contributed by atoms with Crippen molar-refractivity contribution >= 4 is 11.6 Å². The molecular weight excluding hydrogens is 280 g/mol. The number of nitrogens with zero attached hydrogens (tertiary/aromatic N) is 2. The Morgan fingerprint density at radius 1 is 1.36 bits per heavy atom. The van der Waals surface area contributed by atoms with Crippen LogP contribution in [0.2, 0.25) is 0 Å². The van der Waals surface area contributed by atoms with E-state index in [-0.39, 0.29) is 23.5 Å². The zero-order valence-electron chi connectivity index (χ0n) is 13.5. The van der Waals surface area contributed by atoms with Gasteiger partial charge in [0.1, 0.15) is 5.75 Å². The molecule has 0 aliphatic carbocycles. The molecule has 0 bridgehead atoms. The van der Waals surface area contributed by atoms with Gasteiger partial charge in [-0.25, -0.2) is 5.01 Å². The van der Waals surface area contributed by atoms with Gasteiger partial charge in [-0.3, -0.25) is 4.79 Å². The molecule has 5 heteroatoms. The van der Waals surface area contributed by atoms with Crippen LogP contribution in [0, 0.1) is 5.92 Å². The summed E-state index contributed by atoms with van der Waals surface area (Å²) in [5.74, 6) is 0.893. The standard InChI is InChI=1S/C17H22N2O3/c1-11(20)19-16(12-5-7-13(21-4)8-6-12)14-10-22-17(2,3)9-15(14)18-19/h5-8,14,16H,9-10H2,1-4H3/t14-,16-/m0/s1. The number of hydrogen-bond acceptors (Lipinski definition) is 4. The van der Waals surface area contributed by atoms with E-state index in [2.05, 4.69) is 18.9 Å². The summed E-state index contributed by atoms with van der Waals surface area (Å²) in [4.78, 5) is 12.0. The molecule has 0 N–H and O–H groups in total. The summed E-state index contributed by atoms with van der Waals surface area (Å²) >= 11 is 0. The monoisotopic (exact) mass is 302 g/mol. The lowest BCUT2D eigenvalue weighted by molar-refractivity contribution is -0.131. The topological polar surface area (TPSA) is 51.1 Å². The predicted octanol–water partition coefficient (Wildman–Crippen LogP) is 2.77. The predicted molar refractivity (Wildman–Crippen MR) is 83.8 cm³/mol. The van der Waals surface area contributed by atoms with E-state index in [0.29, 0.717) is 6.61 Å². The molecule has 1 aromatic rings. The summed E-state index contributed by atoms with van der Waals surface area (Å²) in [6.07, 6.45) is 0.758. The number of fused-ring (bicyclic) bond motifs is 1. The molecule has 0 saturated carbocycles. The summed E-state index contributed by atoms with van der Waals surface area (Å²) in [6.45, 7) is 6.27. The van der Waals surface area contributed by atoms with Crippen molar-refractivity contribution in [3.05, 3.63) is 29.8 Å². The Kier molecular flexibility index (Phi) is 3.68. The Labute approximate surface area is 130 Å². The highest BCUT2D eigenvalue weighted by atomic mass is 16.5. The summed E-state index contributed by atoms with van der Waals surface area (Å²) < 4.78 is 11.2. The lowest BCUT2D eigenvalue weighted by Gasteiger charge is -2.35. The fraction of sp³-hybridized carbons (Fsp3) is 0.529. The van der Waals surface area contributed by atoms with Gasteiger partial charge >= 0.3 is 0 Å². The number of ether oxygens (including phenoxy) is 2. The number of carbonyl (C=O) groups excluding carboxylic acids is 1. The van der Waals surface area contributed by atoms with Crippen LogP contribution in [0.25, 0.3) is 0 Å². The van der Waals surface area contributed by atoms with E-state index in [4.69, 9.17) is 9.47 Å². The third-order valence-corrected chi connectivity index (χ3v) is 4.35. The zero-order chi connectivity index (χ0) is 15.9. The first kappa shape index (κ1) is 15.0. The number of carbonyl (C=O) groups is 1. The van der Waals surface area contributed by atoms with Crippen LogP contribution < -0.4 is 4.74 Å². The number of benzene rings is 1. The molecule has 1 amide bonds. The molecule has 0 spiro atoms. The first-order valence-electron chi connectivity index (χ1n) is 7.56. The minimum atomic E-state index is -0.216. The molecule has 2 aliphatic rings. The van der Waals surface area contributed by atoms with Gasteiger partial charge in [0.2, 0.25) is 5.91 Å². The molecular formula is C17H22N2O3. The van der Waals surface area contributed by atoms with Gasteiger partial charge in [-0.05, 0) is 31.5 Å². The van der Waals surface area contributed by atoms with E-state index < -0.39 is 0 Å². The van der Waals surface area contributed by atoms with Gasteiger partial charge < -0.3 is 9.47 Å². The number of methoxy groups -OCH3 is 1. The number of rotatable bonds is 2. The fourth-order valence-electron chi connectivity index (χ4n) is 3.22. The fourth-order valence-corrected chi connectivity index (χ4v) is 3.22. The van der Waals surface area contributed by atoms with Crippen LogP contribution in [-0.4, -0.2) is 35.9 Å². The molecule has 22 heavy (non-hydrogen) atoms. The number of hydrogen-bond donors (Lipinski definition) is 0. The van der Waals surface area contributed by atoms with Gasteiger partial charge in [-0.15, -0.1) is 0 Å². The second-order valence-electron chi connectivity index (χ2n) is 6.53. The van der Waals surface area contributed by atoms with Crippen LogP contribution >= 0.6 is 0 Å². The van der Waals surface area contributed by atoms with Crippen molar-refractivity contribution in [2.24, 2.45) is 11.0 Å². The van der Waals surface area contributed by atoms with Crippen LogP contribution in [0.4, 0.5) is 0 Å². The van der Waals surface area contributed by atoms with E-state index in [1.165, 1.54) is 0 Å². The van der Waals surface area contributed by atoms with Crippen molar-refractivity contribution in [3.63, 3.8) is 0 Å². The molecule has 0 aromatic heterocycles. The largest absolute Gasteiger partial charge is 0.497 e. The maximum atomic E-state index is 12.0. The number of hydrazone groups is 1. The molecule has 2 aliphatic heterocycles. The van der Waals surface area contributed by atoms with Gasteiger partial charge in [0, 0.05) is 25.0 Å². The van der Waals surface area contributed by atoms with Crippen molar-refractivity contribution in [1.29, 1.82) is 0 Å². The van der Waals surface area contributed by atoms with E-state index in [1.807, 2.05) is 24.3 Å². The minimum absolute atomic E-state index is 0.0412. The maximum absolute atomic E-state index is 12.0. The van der Waals surface area contributed by atoms with Gasteiger partial charge in [-0.2, -0.15) is 5.10 Å². The van der Waals surface area contributed by atoms with E-state index in [1.54, 1.807) is 19.0 Å². The second kappa shape index (κ2) is 5.39. The molecule has 3 rings (SSSR count). The smallest absolute Gasteiger partial charge is 0.240 e. The molecule has 5 nitrogen and oxygen atoms in total. The van der Waals surface area contributed by atoms with Crippen LogP contribution in [0.3, 0.4) is 0 Å². The average Bonchev–Trinajstić information content (AvgIpc) is 2.84. The normalized spacial score (nSPS) is 26.4. The Balaban J connectivity index is 1.93. The molecule has 2 atom stereocenters. The lowest BCUT2D eigenvalue weighted by Crippen LogP contribution is -2.41. The van der Waals surface area contributed by atoms with Gasteiger partial charge in [0.25, 0.3) is 0 Å². The van der Waals surface area contributed by atoms with Crippen LogP contribution in [-0.2, 0) is 9.53 Å². The maximum Gasteiger partial charge on any atom is 0.240 e. The van der Waals surface area contributed by atoms with Gasteiger partial charge in [0.05, 0.1) is 25.4 Å². The van der Waals surface area contributed by atoms with Crippen molar-refractivity contribution in [2.45, 2.75) is 38.8 Å². The Morgan fingerprint density at radius 2 is 2.05 bits per heavy atom. The Hall–Kier alpha value is -1.88. The minimum Gasteiger partial charge on any atom is -0.497 e. The Morgan fingerprint density at radius 3 is 2.64 bits per heavy atom. The third-order valence-electron chi connectivity index (χ3n) is 4.35. The van der Waals surface area contributed by atoms with E-state index in [9.17, 15) is 4.79 Å². The average molecular weight is 302 g/mol. The van der Waals surface area contributed by atoms with Crippen LogP contribution in [0.1, 0.15) is 38.8 Å². The molecule has 1 aromatic carbocycles. The lowest BCUT2D eigenvalue weighted by atomic mass is 9.83. The van der Waals surface area contributed by atoms with E-state index >= 15 is 0 Å². The van der Waals surface area contributed by atoms with Crippen LogP contribution in [0.5, 0.6) is 5.75 Å². The highest BCUT2D eigenvalue weighted by molar-refractivity contribution is 5.93. The molecule has 118 valence electrons. The molecule has 0 radical (unpaired) electrons. The zero-order valence-corrected chi connectivity index (χ0v) is 13.5. The first-order valence-corrected chi connectivity index (χ1v) is 7.56. The van der Waals surface area contributed by atoms with Crippen molar-refractivity contribution in [1.82, 2.24) is 5.01 Å². The number of amides is 1. The molecule has 2 heterocycles. The molecule has 1 saturated heterocycles. The quantitative estimate of drug-likeness (QED) is 0.844. The highest BCUT2D eigenvalue weighted by Crippen LogP contribution is 2.42. The Bertz CT molecular complexity index is 607. The van der Waals surface area contributed by atoms with Crippen molar-refractivity contribution < 1.29 is 14.3 Å².